The van der Waals surface area contributed by atoms with Crippen LogP contribution >= 0.6 is 34.4 Å². The van der Waals surface area contributed by atoms with Gasteiger partial charge in [0.2, 0.25) is 0 Å². The predicted molar refractivity (Wildman–Crippen MR) is 59.4 cm³/mol. The van der Waals surface area contributed by atoms with Crippen molar-refractivity contribution in [2.75, 3.05) is 5.75 Å². The van der Waals surface area contributed by atoms with Crippen molar-refractivity contribution < 1.29 is 9.90 Å². The second-order valence-corrected chi connectivity index (χ2v) is 5.49. The number of thiazole rings is 1. The standard InChI is InChI=1S/C7H5N3O2S3/c11-4(12)3-14-7-10-9-6(15-7)5-8-1-2-13-5/h1-2H,3H2,(H,11,12). The molecule has 0 spiro atoms. The van der Waals surface area contributed by atoms with Gasteiger partial charge in [0, 0.05) is 11.6 Å². The van der Waals surface area contributed by atoms with Crippen molar-refractivity contribution in [3.05, 3.63) is 11.6 Å². The van der Waals surface area contributed by atoms with Crippen LogP contribution in [0.5, 0.6) is 0 Å². The second-order valence-electron chi connectivity index (χ2n) is 2.39. The Balaban J connectivity index is 2.08. The third-order valence-corrected chi connectivity index (χ3v) is 4.30. The zero-order chi connectivity index (χ0) is 10.7. The minimum Gasteiger partial charge on any atom is -0.481 e. The molecule has 0 radical (unpaired) electrons. The van der Waals surface area contributed by atoms with E-state index in [1.165, 1.54) is 34.4 Å². The van der Waals surface area contributed by atoms with Gasteiger partial charge >= 0.3 is 5.97 Å². The molecule has 2 aromatic heterocycles. The minimum atomic E-state index is -0.856. The summed E-state index contributed by atoms with van der Waals surface area (Å²) in [6, 6.07) is 0. The summed E-state index contributed by atoms with van der Waals surface area (Å²) in [5.41, 5.74) is 0. The molecule has 0 atom stereocenters. The van der Waals surface area contributed by atoms with Crippen molar-refractivity contribution in [2.24, 2.45) is 0 Å². The summed E-state index contributed by atoms with van der Waals surface area (Å²) in [4.78, 5) is 14.4. The minimum absolute atomic E-state index is 0.00645. The fourth-order valence-corrected chi connectivity index (χ4v) is 3.05. The zero-order valence-corrected chi connectivity index (χ0v) is 9.73. The van der Waals surface area contributed by atoms with Crippen LogP contribution in [0.15, 0.2) is 15.9 Å². The molecule has 2 aromatic rings. The predicted octanol–water partition coefficient (Wildman–Crippen LogP) is 1.84. The molecule has 0 amide bonds. The summed E-state index contributed by atoms with van der Waals surface area (Å²) in [5, 5.41) is 19.7. The van der Waals surface area contributed by atoms with Gasteiger partial charge in [-0.05, 0) is 0 Å². The molecule has 0 unspecified atom stereocenters. The first-order valence-corrected chi connectivity index (χ1v) is 6.52. The normalized spacial score (nSPS) is 10.4. The molecule has 0 aliphatic carbocycles. The molecule has 0 aliphatic heterocycles. The fraction of sp³-hybridized carbons (Fsp3) is 0.143. The Morgan fingerprint density at radius 1 is 1.47 bits per heavy atom. The molecule has 1 N–H and O–H groups in total. The van der Waals surface area contributed by atoms with Crippen LogP contribution < -0.4 is 0 Å². The van der Waals surface area contributed by atoms with Gasteiger partial charge in [-0.15, -0.1) is 21.5 Å². The number of aliphatic carboxylic acids is 1. The molecule has 0 fully saturated rings. The van der Waals surface area contributed by atoms with E-state index in [2.05, 4.69) is 15.2 Å². The van der Waals surface area contributed by atoms with Gasteiger partial charge in [-0.25, -0.2) is 4.98 Å². The van der Waals surface area contributed by atoms with E-state index >= 15 is 0 Å². The van der Waals surface area contributed by atoms with Gasteiger partial charge in [0.1, 0.15) is 0 Å². The number of carbonyl (C=O) groups is 1. The highest BCUT2D eigenvalue weighted by Gasteiger charge is 2.10. The number of rotatable bonds is 4. The summed E-state index contributed by atoms with van der Waals surface area (Å²) in [5.74, 6) is -0.849. The third-order valence-electron chi connectivity index (χ3n) is 1.34. The molecule has 0 aromatic carbocycles. The Hall–Kier alpha value is -0.990. The number of thioether (sulfide) groups is 1. The lowest BCUT2D eigenvalue weighted by Gasteiger charge is -1.87. The van der Waals surface area contributed by atoms with Gasteiger partial charge in [-0.2, -0.15) is 0 Å². The van der Waals surface area contributed by atoms with Crippen molar-refractivity contribution >= 4 is 40.4 Å². The fourth-order valence-electron chi connectivity index (χ4n) is 0.807. The maximum absolute atomic E-state index is 10.3. The SMILES string of the molecule is O=C(O)CSc1nnc(-c2nccs2)s1. The topological polar surface area (TPSA) is 76.0 Å². The van der Waals surface area contributed by atoms with Gasteiger partial charge in [-0.1, -0.05) is 23.1 Å². The van der Waals surface area contributed by atoms with Crippen molar-refractivity contribution in [1.29, 1.82) is 0 Å². The van der Waals surface area contributed by atoms with Crippen molar-refractivity contribution in [2.45, 2.75) is 4.34 Å². The molecule has 5 nitrogen and oxygen atoms in total. The van der Waals surface area contributed by atoms with Crippen LogP contribution in [-0.2, 0) is 4.79 Å². The molecule has 0 bridgehead atoms. The highest BCUT2D eigenvalue weighted by Crippen LogP contribution is 2.29. The molecular weight excluding hydrogens is 254 g/mol. The number of aromatic nitrogens is 3. The molecule has 0 saturated heterocycles. The first-order chi connectivity index (χ1) is 7.25. The molecule has 2 heterocycles. The number of hydrogen-bond donors (Lipinski definition) is 1. The number of nitrogens with zero attached hydrogens (tertiary/aromatic N) is 3. The number of hydrogen-bond acceptors (Lipinski definition) is 7. The summed E-state index contributed by atoms with van der Waals surface area (Å²) < 4.78 is 0.655. The molecule has 0 aliphatic rings. The number of carboxylic acids is 1. The lowest BCUT2D eigenvalue weighted by molar-refractivity contribution is -0.133. The first-order valence-electron chi connectivity index (χ1n) is 3.83. The largest absolute Gasteiger partial charge is 0.481 e. The highest BCUT2D eigenvalue weighted by molar-refractivity contribution is 8.01. The van der Waals surface area contributed by atoms with Gasteiger partial charge in [0.15, 0.2) is 14.4 Å². The Morgan fingerprint density at radius 3 is 3.00 bits per heavy atom. The maximum Gasteiger partial charge on any atom is 0.313 e. The van der Waals surface area contributed by atoms with Crippen LogP contribution in [0.2, 0.25) is 0 Å². The van der Waals surface area contributed by atoms with E-state index in [9.17, 15) is 4.79 Å². The van der Waals surface area contributed by atoms with Crippen molar-refractivity contribution in [3.63, 3.8) is 0 Å². The van der Waals surface area contributed by atoms with E-state index in [1.807, 2.05) is 5.38 Å². The van der Waals surface area contributed by atoms with E-state index in [1.54, 1.807) is 6.20 Å². The Bertz CT molecular complexity index is 454. The van der Waals surface area contributed by atoms with E-state index < -0.39 is 5.97 Å². The zero-order valence-electron chi connectivity index (χ0n) is 7.28. The molecule has 0 saturated carbocycles. The van der Waals surface area contributed by atoms with Crippen molar-refractivity contribution in [3.8, 4) is 10.0 Å². The smallest absolute Gasteiger partial charge is 0.313 e. The quantitative estimate of drug-likeness (QED) is 0.844. The average Bonchev–Trinajstić information content (AvgIpc) is 2.85. The third kappa shape index (κ3) is 2.74. The van der Waals surface area contributed by atoms with Gasteiger partial charge < -0.3 is 5.11 Å². The summed E-state index contributed by atoms with van der Waals surface area (Å²) in [6.07, 6.45) is 1.70. The van der Waals surface area contributed by atoms with Gasteiger partial charge in [-0.3, -0.25) is 4.79 Å². The lowest BCUT2D eigenvalue weighted by Crippen LogP contribution is -1.96. The van der Waals surface area contributed by atoms with Crippen LogP contribution in [-0.4, -0.2) is 32.0 Å². The van der Waals surface area contributed by atoms with Gasteiger partial charge in [0.05, 0.1) is 5.75 Å². The van der Waals surface area contributed by atoms with Gasteiger partial charge in [0.25, 0.3) is 0 Å². The molecule has 78 valence electrons. The van der Waals surface area contributed by atoms with E-state index in [-0.39, 0.29) is 5.75 Å². The molecular formula is C7H5N3O2S3. The van der Waals surface area contributed by atoms with Crippen LogP contribution in [0.1, 0.15) is 0 Å². The molecule has 2 rings (SSSR count). The Labute approximate surface area is 97.2 Å². The van der Waals surface area contributed by atoms with Crippen LogP contribution in [0.4, 0.5) is 0 Å². The second kappa shape index (κ2) is 4.69. The monoisotopic (exact) mass is 259 g/mol. The number of carboxylic acid groups (broad SMARTS) is 1. The van der Waals surface area contributed by atoms with Crippen LogP contribution in [0.3, 0.4) is 0 Å². The molecule has 8 heteroatoms. The Morgan fingerprint density at radius 2 is 2.33 bits per heavy atom. The lowest BCUT2D eigenvalue weighted by atomic mass is 10.7. The van der Waals surface area contributed by atoms with E-state index in [0.29, 0.717) is 4.34 Å². The van der Waals surface area contributed by atoms with E-state index in [4.69, 9.17) is 5.11 Å². The average molecular weight is 259 g/mol. The van der Waals surface area contributed by atoms with E-state index in [0.717, 1.165) is 10.0 Å². The summed E-state index contributed by atoms with van der Waals surface area (Å²) >= 11 is 4.01. The Kier molecular flexibility index (Phi) is 3.29. The van der Waals surface area contributed by atoms with Crippen molar-refractivity contribution in [1.82, 2.24) is 15.2 Å². The first kappa shape index (κ1) is 10.5. The summed E-state index contributed by atoms with van der Waals surface area (Å²) in [7, 11) is 0. The van der Waals surface area contributed by atoms with Crippen LogP contribution in [0, 0.1) is 0 Å². The summed E-state index contributed by atoms with van der Waals surface area (Å²) in [6.45, 7) is 0. The maximum atomic E-state index is 10.3. The molecule has 15 heavy (non-hydrogen) atoms. The highest BCUT2D eigenvalue weighted by atomic mass is 32.2. The van der Waals surface area contributed by atoms with Crippen LogP contribution in [0.25, 0.3) is 10.0 Å².